The van der Waals surface area contributed by atoms with E-state index < -0.39 is 0 Å². The first-order valence-corrected chi connectivity index (χ1v) is 6.41. The molecule has 0 spiro atoms. The molecule has 0 radical (unpaired) electrons. The van der Waals surface area contributed by atoms with Crippen molar-refractivity contribution >= 4 is 16.9 Å². The Labute approximate surface area is 93.4 Å². The van der Waals surface area contributed by atoms with Gasteiger partial charge in [-0.05, 0) is 0 Å². The molecule has 0 rings (SSSR count). The summed E-state index contributed by atoms with van der Waals surface area (Å²) in [4.78, 5) is 0. The number of rotatable bonds is 3. The number of hydrogen-bond donors (Lipinski definition) is 0. The van der Waals surface area contributed by atoms with Gasteiger partial charge in [0.15, 0.2) is 0 Å². The fraction of sp³-hybridized carbons (Fsp3) is 1.00. The Bertz CT molecular complexity index is 137. The fourth-order valence-corrected chi connectivity index (χ4v) is 3.89. The zero-order chi connectivity index (χ0) is 10.9. The van der Waals surface area contributed by atoms with Gasteiger partial charge in [-0.25, -0.2) is 0 Å². The molecule has 1 unspecified atom stereocenters. The molecule has 0 amide bonds. The van der Waals surface area contributed by atoms with E-state index in [1.807, 2.05) is 16.9 Å². The number of hydrogen-bond acceptors (Lipinski definition) is 0. The van der Waals surface area contributed by atoms with Crippen LogP contribution in [0.4, 0.5) is 0 Å². The molecule has 0 aromatic carbocycles. The van der Waals surface area contributed by atoms with E-state index in [1.165, 1.54) is 12.8 Å². The third kappa shape index (κ3) is 8.88. The summed E-state index contributed by atoms with van der Waals surface area (Å²) in [5.74, 6) is 0. The molecule has 0 nitrogen and oxygen atoms in total. The molecular formula is C12H27As. The summed E-state index contributed by atoms with van der Waals surface area (Å²) in [6.07, 6.45) is 2.64. The van der Waals surface area contributed by atoms with Crippen LogP contribution < -0.4 is 0 Å². The average Bonchev–Trinajstić information content (AvgIpc) is 1.43. The van der Waals surface area contributed by atoms with Gasteiger partial charge in [-0.3, -0.25) is 0 Å². The van der Waals surface area contributed by atoms with Crippen molar-refractivity contribution in [2.75, 3.05) is 0 Å². The molecule has 0 aromatic rings. The van der Waals surface area contributed by atoms with E-state index in [0.29, 0.717) is 15.0 Å². The Morgan fingerprint density at radius 1 is 0.769 bits per heavy atom. The van der Waals surface area contributed by atoms with Crippen molar-refractivity contribution in [3.8, 4) is 0 Å². The van der Waals surface area contributed by atoms with Crippen LogP contribution in [0.25, 0.3) is 0 Å². The zero-order valence-corrected chi connectivity index (χ0v) is 12.9. The molecule has 0 aliphatic carbocycles. The third-order valence-corrected chi connectivity index (χ3v) is 2.37. The summed E-state index contributed by atoms with van der Waals surface area (Å²) in [5.41, 5.74) is 0.944. The topological polar surface area (TPSA) is 0 Å². The molecule has 0 aliphatic heterocycles. The van der Waals surface area contributed by atoms with Crippen LogP contribution in [0.5, 0.6) is 0 Å². The Kier molecular flexibility index (Phi) is 4.14. The summed E-state index contributed by atoms with van der Waals surface area (Å²) in [6.45, 7) is 16.5. The van der Waals surface area contributed by atoms with Crippen LogP contribution in [0.15, 0.2) is 0 Å². The first-order chi connectivity index (χ1) is 5.41. The van der Waals surface area contributed by atoms with Crippen LogP contribution in [0.2, 0.25) is 4.20 Å². The van der Waals surface area contributed by atoms with Crippen molar-refractivity contribution in [1.29, 1.82) is 0 Å². The van der Waals surface area contributed by atoms with Crippen LogP contribution >= 0.6 is 0 Å². The van der Waals surface area contributed by atoms with Crippen LogP contribution in [-0.4, -0.2) is 16.9 Å². The van der Waals surface area contributed by atoms with E-state index in [4.69, 9.17) is 0 Å². The predicted octanol–water partition coefficient (Wildman–Crippen LogP) is 3.67. The maximum absolute atomic E-state index is 2.40. The molecule has 0 heterocycles. The summed E-state index contributed by atoms with van der Waals surface area (Å²) in [5, 5.41) is 0. The second-order valence-electron chi connectivity index (χ2n) is 7.07. The molecule has 1 atom stereocenters. The average molecular weight is 246 g/mol. The van der Waals surface area contributed by atoms with Crippen molar-refractivity contribution in [2.45, 2.75) is 65.5 Å². The van der Waals surface area contributed by atoms with E-state index in [9.17, 15) is 0 Å². The van der Waals surface area contributed by atoms with Gasteiger partial charge >= 0.3 is 93.2 Å². The third-order valence-electron chi connectivity index (χ3n) is 1.94. The van der Waals surface area contributed by atoms with Gasteiger partial charge in [-0.2, -0.15) is 0 Å². The van der Waals surface area contributed by atoms with Crippen LogP contribution in [0.1, 0.15) is 61.3 Å². The van der Waals surface area contributed by atoms with Crippen molar-refractivity contribution in [2.24, 2.45) is 10.8 Å². The van der Waals surface area contributed by atoms with Gasteiger partial charge in [0.1, 0.15) is 0 Å². The molecule has 13 heavy (non-hydrogen) atoms. The molecule has 0 saturated carbocycles. The van der Waals surface area contributed by atoms with Crippen LogP contribution in [0, 0.1) is 10.8 Å². The van der Waals surface area contributed by atoms with Gasteiger partial charge in [0.2, 0.25) is 0 Å². The van der Waals surface area contributed by atoms with Gasteiger partial charge in [0.25, 0.3) is 0 Å². The minimum absolute atomic E-state index is 0.460. The molecule has 0 fully saturated rings. The summed E-state index contributed by atoms with van der Waals surface area (Å²) < 4.78 is 0.516. The summed E-state index contributed by atoms with van der Waals surface area (Å²) in [6, 6.07) is 0. The molecule has 0 aromatic heterocycles. The second kappa shape index (κ2) is 3.97. The SMILES string of the molecule is CC(C)(C)CC(C)(C)CC(C)(C)[AsH2]. The monoisotopic (exact) mass is 246 g/mol. The first-order valence-electron chi connectivity index (χ1n) is 5.20. The zero-order valence-electron chi connectivity index (χ0n) is 10.5. The summed E-state index contributed by atoms with van der Waals surface area (Å²) >= 11 is 1.87. The van der Waals surface area contributed by atoms with Gasteiger partial charge in [-0.15, -0.1) is 0 Å². The molecule has 80 valence electrons. The van der Waals surface area contributed by atoms with Gasteiger partial charge in [0, 0.05) is 0 Å². The van der Waals surface area contributed by atoms with E-state index >= 15 is 0 Å². The molecular weight excluding hydrogens is 219 g/mol. The summed E-state index contributed by atoms with van der Waals surface area (Å²) in [7, 11) is 0. The maximum atomic E-state index is 2.40. The molecule has 0 aliphatic rings. The molecule has 0 N–H and O–H groups in total. The van der Waals surface area contributed by atoms with Crippen LogP contribution in [0.3, 0.4) is 0 Å². The van der Waals surface area contributed by atoms with Gasteiger partial charge < -0.3 is 0 Å². The quantitative estimate of drug-likeness (QED) is 0.666. The van der Waals surface area contributed by atoms with Crippen molar-refractivity contribution in [3.63, 3.8) is 0 Å². The minimum atomic E-state index is 0.460. The van der Waals surface area contributed by atoms with Gasteiger partial charge in [0.05, 0.1) is 0 Å². The van der Waals surface area contributed by atoms with Crippen LogP contribution in [-0.2, 0) is 0 Å². The molecule has 0 bridgehead atoms. The van der Waals surface area contributed by atoms with Crippen molar-refractivity contribution in [1.82, 2.24) is 0 Å². The standard InChI is InChI=1S/C12H27As/c1-10(2,3)8-11(4,5)9-12(6,7)13/h8-9,13H2,1-7H3. The second-order valence-corrected chi connectivity index (χ2v) is 10.3. The van der Waals surface area contributed by atoms with Crippen molar-refractivity contribution < 1.29 is 0 Å². The Morgan fingerprint density at radius 2 is 1.15 bits per heavy atom. The van der Waals surface area contributed by atoms with Crippen molar-refractivity contribution in [3.05, 3.63) is 0 Å². The fourth-order valence-electron chi connectivity index (χ4n) is 2.73. The Morgan fingerprint density at radius 3 is 1.38 bits per heavy atom. The Balaban J connectivity index is 4.25. The predicted molar refractivity (Wildman–Crippen MR) is 65.1 cm³/mol. The van der Waals surface area contributed by atoms with E-state index in [2.05, 4.69) is 48.5 Å². The molecule has 0 saturated heterocycles. The van der Waals surface area contributed by atoms with E-state index in [1.54, 1.807) is 0 Å². The van der Waals surface area contributed by atoms with E-state index in [-0.39, 0.29) is 0 Å². The van der Waals surface area contributed by atoms with Gasteiger partial charge in [-0.1, -0.05) is 0 Å². The Hall–Kier alpha value is 0.558. The van der Waals surface area contributed by atoms with E-state index in [0.717, 1.165) is 0 Å². The first kappa shape index (κ1) is 13.6. The normalized spacial score (nSPS) is 14.8. The molecule has 1 heteroatoms.